The SMILES string of the molecule is CC1=C(C(=O)O)C(c2cccc(Cl)c2)C(C(=O)Nc2cccc([N+](=O)[O-])c2)=NN1. The normalized spacial score (nSPS) is 15.9. The maximum Gasteiger partial charge on any atom is 0.334 e. The largest absolute Gasteiger partial charge is 0.478 e. The topological polar surface area (TPSA) is 134 Å². The molecule has 0 spiro atoms. The van der Waals surface area contributed by atoms with Crippen LogP contribution in [0.3, 0.4) is 0 Å². The third-order valence-electron chi connectivity index (χ3n) is 4.27. The Hall–Kier alpha value is -3.72. The number of aliphatic carboxylic acids is 1. The number of benzene rings is 2. The molecule has 0 saturated carbocycles. The highest BCUT2D eigenvalue weighted by molar-refractivity contribution is 6.46. The lowest BCUT2D eigenvalue weighted by Crippen LogP contribution is -2.37. The Bertz CT molecular complexity index is 1080. The van der Waals surface area contributed by atoms with Crippen molar-refractivity contribution in [3.05, 3.63) is 80.5 Å². The Morgan fingerprint density at radius 3 is 2.62 bits per heavy atom. The van der Waals surface area contributed by atoms with E-state index in [4.69, 9.17) is 11.6 Å². The minimum Gasteiger partial charge on any atom is -0.478 e. The second-order valence-electron chi connectivity index (χ2n) is 6.20. The third kappa shape index (κ3) is 4.25. The van der Waals surface area contributed by atoms with Crippen molar-refractivity contribution in [2.45, 2.75) is 12.8 Å². The van der Waals surface area contributed by atoms with Crippen molar-refractivity contribution in [2.24, 2.45) is 5.10 Å². The molecular weight excluding hydrogens is 400 g/mol. The number of carbonyl (C=O) groups is 2. The number of rotatable bonds is 5. The fraction of sp³-hybridized carbons (Fsp3) is 0.105. The van der Waals surface area contributed by atoms with Gasteiger partial charge in [0.25, 0.3) is 11.6 Å². The van der Waals surface area contributed by atoms with Crippen molar-refractivity contribution in [3.8, 4) is 0 Å². The summed E-state index contributed by atoms with van der Waals surface area (Å²) < 4.78 is 0. The molecule has 0 saturated heterocycles. The standard InChI is InChI=1S/C19H15ClN4O5/c1-10-15(19(26)27)16(11-4-2-5-12(20)8-11)17(23-22-10)18(25)21-13-6-3-7-14(9-13)24(28)29/h2-9,16,22H,1H3,(H,21,25)(H,26,27). The molecule has 1 atom stereocenters. The lowest BCUT2D eigenvalue weighted by Gasteiger charge is -2.26. The van der Waals surface area contributed by atoms with E-state index < -0.39 is 22.7 Å². The monoisotopic (exact) mass is 414 g/mol. The Labute approximate surface area is 169 Å². The summed E-state index contributed by atoms with van der Waals surface area (Å²) >= 11 is 6.05. The number of hydrazone groups is 1. The molecule has 0 bridgehead atoms. The summed E-state index contributed by atoms with van der Waals surface area (Å²) in [7, 11) is 0. The van der Waals surface area contributed by atoms with Crippen molar-refractivity contribution in [2.75, 3.05) is 5.32 Å². The zero-order valence-corrected chi connectivity index (χ0v) is 15.8. The fourth-order valence-corrected chi connectivity index (χ4v) is 3.19. The lowest BCUT2D eigenvalue weighted by atomic mass is 9.84. The summed E-state index contributed by atoms with van der Waals surface area (Å²) in [6.45, 7) is 1.54. The minimum absolute atomic E-state index is 0.0496. The smallest absolute Gasteiger partial charge is 0.334 e. The van der Waals surface area contributed by atoms with Gasteiger partial charge in [-0.1, -0.05) is 29.8 Å². The van der Waals surface area contributed by atoms with Crippen molar-refractivity contribution in [3.63, 3.8) is 0 Å². The number of anilines is 1. The van der Waals surface area contributed by atoms with Gasteiger partial charge < -0.3 is 10.4 Å². The van der Waals surface area contributed by atoms with Gasteiger partial charge in [0.05, 0.1) is 16.4 Å². The quantitative estimate of drug-likeness (QED) is 0.507. The first-order chi connectivity index (χ1) is 13.8. The van der Waals surface area contributed by atoms with Crippen LogP contribution < -0.4 is 10.7 Å². The number of nitrogens with zero attached hydrogens (tertiary/aromatic N) is 2. The molecule has 0 fully saturated rings. The van der Waals surface area contributed by atoms with E-state index in [1.165, 1.54) is 24.3 Å². The van der Waals surface area contributed by atoms with Crippen molar-refractivity contribution >= 4 is 40.6 Å². The summed E-state index contributed by atoms with van der Waals surface area (Å²) in [5.74, 6) is -2.89. The van der Waals surface area contributed by atoms with Crippen molar-refractivity contribution < 1.29 is 19.6 Å². The van der Waals surface area contributed by atoms with Gasteiger partial charge in [0, 0.05) is 28.5 Å². The fourth-order valence-electron chi connectivity index (χ4n) is 2.99. The van der Waals surface area contributed by atoms with E-state index in [1.807, 2.05) is 0 Å². The maximum absolute atomic E-state index is 12.9. The van der Waals surface area contributed by atoms with Crippen LogP contribution in [0.5, 0.6) is 0 Å². The van der Waals surface area contributed by atoms with Crippen LogP contribution in [0.2, 0.25) is 5.02 Å². The number of allylic oxidation sites excluding steroid dienone is 1. The van der Waals surface area contributed by atoms with Gasteiger partial charge in [-0.2, -0.15) is 5.10 Å². The Morgan fingerprint density at radius 2 is 1.97 bits per heavy atom. The minimum atomic E-state index is -1.21. The number of carbonyl (C=O) groups excluding carboxylic acids is 1. The molecular formula is C19H15ClN4O5. The van der Waals surface area contributed by atoms with Crippen molar-refractivity contribution in [1.29, 1.82) is 0 Å². The van der Waals surface area contributed by atoms with Crippen LogP contribution in [-0.2, 0) is 9.59 Å². The molecule has 0 aliphatic carbocycles. The number of carboxylic acids is 1. The molecule has 1 heterocycles. The molecule has 0 radical (unpaired) electrons. The average Bonchev–Trinajstić information content (AvgIpc) is 2.67. The second kappa shape index (κ2) is 8.11. The molecule has 1 amide bonds. The highest BCUT2D eigenvalue weighted by atomic mass is 35.5. The van der Waals surface area contributed by atoms with Gasteiger partial charge in [-0.15, -0.1) is 0 Å². The summed E-state index contributed by atoms with van der Waals surface area (Å²) in [5.41, 5.74) is 3.15. The van der Waals surface area contributed by atoms with Crippen LogP contribution in [0, 0.1) is 10.1 Å². The Kier molecular flexibility index (Phi) is 5.60. The first-order valence-corrected chi connectivity index (χ1v) is 8.74. The van der Waals surface area contributed by atoms with E-state index >= 15 is 0 Å². The Morgan fingerprint density at radius 1 is 1.24 bits per heavy atom. The number of carboxylic acid groups (broad SMARTS) is 1. The van der Waals surface area contributed by atoms with Crippen molar-refractivity contribution in [1.82, 2.24) is 5.43 Å². The van der Waals surface area contributed by atoms with Crippen LogP contribution in [0.1, 0.15) is 18.4 Å². The highest BCUT2D eigenvalue weighted by Gasteiger charge is 2.36. The van der Waals surface area contributed by atoms with E-state index in [-0.39, 0.29) is 28.4 Å². The molecule has 3 N–H and O–H groups in total. The third-order valence-corrected chi connectivity index (χ3v) is 4.51. The predicted molar refractivity (Wildman–Crippen MR) is 107 cm³/mol. The summed E-state index contributed by atoms with van der Waals surface area (Å²) in [6.07, 6.45) is 0. The molecule has 1 aliphatic heterocycles. The van der Waals surface area contributed by atoms with Crippen LogP contribution >= 0.6 is 11.6 Å². The molecule has 148 valence electrons. The number of halogens is 1. The van der Waals surface area contributed by atoms with E-state index in [0.29, 0.717) is 10.6 Å². The van der Waals surface area contributed by atoms with E-state index in [1.54, 1.807) is 31.2 Å². The van der Waals surface area contributed by atoms with Gasteiger partial charge in [0.2, 0.25) is 0 Å². The maximum atomic E-state index is 12.9. The van der Waals surface area contributed by atoms with Crippen LogP contribution in [0.4, 0.5) is 11.4 Å². The van der Waals surface area contributed by atoms with Gasteiger partial charge in [-0.05, 0) is 30.7 Å². The molecule has 2 aromatic rings. The zero-order valence-electron chi connectivity index (χ0n) is 15.0. The van der Waals surface area contributed by atoms with Crippen LogP contribution in [0.25, 0.3) is 0 Å². The molecule has 1 aliphatic rings. The first-order valence-electron chi connectivity index (χ1n) is 8.37. The van der Waals surface area contributed by atoms with Crippen LogP contribution in [0.15, 0.2) is 64.9 Å². The number of nitro groups is 1. The number of hydrogen-bond acceptors (Lipinski definition) is 6. The lowest BCUT2D eigenvalue weighted by molar-refractivity contribution is -0.384. The summed E-state index contributed by atoms with van der Waals surface area (Å²) in [4.78, 5) is 35.1. The molecule has 1 unspecified atom stereocenters. The number of nitrogens with one attached hydrogen (secondary N) is 2. The molecule has 29 heavy (non-hydrogen) atoms. The summed E-state index contributed by atoms with van der Waals surface area (Å²) in [5, 5.41) is 27.6. The molecule has 2 aromatic carbocycles. The molecule has 10 heteroatoms. The average molecular weight is 415 g/mol. The zero-order chi connectivity index (χ0) is 21.1. The van der Waals surface area contributed by atoms with Gasteiger partial charge in [-0.25, -0.2) is 4.79 Å². The molecule has 3 rings (SSSR count). The van der Waals surface area contributed by atoms with E-state index in [9.17, 15) is 24.8 Å². The van der Waals surface area contributed by atoms with Gasteiger partial charge in [0.1, 0.15) is 5.71 Å². The van der Waals surface area contributed by atoms with Gasteiger partial charge in [-0.3, -0.25) is 20.3 Å². The van der Waals surface area contributed by atoms with Gasteiger partial charge in [0.15, 0.2) is 0 Å². The van der Waals surface area contributed by atoms with Gasteiger partial charge >= 0.3 is 5.97 Å². The van der Waals surface area contributed by atoms with E-state index in [0.717, 1.165) is 0 Å². The second-order valence-corrected chi connectivity index (χ2v) is 6.64. The van der Waals surface area contributed by atoms with Crippen LogP contribution in [-0.4, -0.2) is 27.6 Å². The molecule has 9 nitrogen and oxygen atoms in total. The molecule has 0 aromatic heterocycles. The summed E-state index contributed by atoms with van der Waals surface area (Å²) in [6, 6.07) is 11.9. The number of hydrogen-bond donors (Lipinski definition) is 3. The number of nitro benzene ring substituents is 1. The number of amides is 1. The van der Waals surface area contributed by atoms with E-state index in [2.05, 4.69) is 15.8 Å². The highest BCUT2D eigenvalue weighted by Crippen LogP contribution is 2.32. The first kappa shape index (κ1) is 20.0. The predicted octanol–water partition coefficient (Wildman–Crippen LogP) is 3.29. The Balaban J connectivity index is 2.00. The number of non-ortho nitro benzene ring substituents is 1.